The standard InChI is InChI=1S/C21H18O12/c1-5-12(23)14(25)15(26)21(30-5)31-9-4-7-10-11-6(19(27)32-17(10)13(9)24)3-8(22)16(29-2)18(11)33-20(7)28/h3-5,12,14-15,21-26H,1-2H3/t5-,12+,14-,15+,21-/m0/s1. The summed E-state index contributed by atoms with van der Waals surface area (Å²) in [6.45, 7) is 1.44. The summed E-state index contributed by atoms with van der Waals surface area (Å²) in [5.41, 5.74) is -2.50. The minimum atomic E-state index is -1.70. The van der Waals surface area contributed by atoms with Crippen molar-refractivity contribution in [3.63, 3.8) is 0 Å². The first-order chi connectivity index (χ1) is 15.6. The highest BCUT2D eigenvalue weighted by molar-refractivity contribution is 6.22. The van der Waals surface area contributed by atoms with Crippen molar-refractivity contribution in [1.82, 2.24) is 0 Å². The first-order valence-corrected chi connectivity index (χ1v) is 9.79. The summed E-state index contributed by atoms with van der Waals surface area (Å²) in [5, 5.41) is 50.8. The maximum Gasteiger partial charge on any atom is 0.344 e. The molecule has 174 valence electrons. The Balaban J connectivity index is 1.77. The Labute approximate surface area is 182 Å². The second-order valence-corrected chi connectivity index (χ2v) is 7.73. The fourth-order valence-electron chi connectivity index (χ4n) is 4.08. The zero-order valence-electron chi connectivity index (χ0n) is 17.1. The Kier molecular flexibility index (Phi) is 4.65. The van der Waals surface area contributed by atoms with E-state index < -0.39 is 64.8 Å². The van der Waals surface area contributed by atoms with Crippen molar-refractivity contribution in [2.45, 2.75) is 37.6 Å². The van der Waals surface area contributed by atoms with Crippen molar-refractivity contribution < 1.29 is 48.6 Å². The van der Waals surface area contributed by atoms with Crippen molar-refractivity contribution in [2.24, 2.45) is 0 Å². The number of phenols is 2. The van der Waals surface area contributed by atoms with Crippen LogP contribution in [0.3, 0.4) is 0 Å². The van der Waals surface area contributed by atoms with Crippen molar-refractivity contribution in [3.05, 3.63) is 33.0 Å². The van der Waals surface area contributed by atoms with Crippen LogP contribution in [0.1, 0.15) is 6.92 Å². The molecule has 0 amide bonds. The second-order valence-electron chi connectivity index (χ2n) is 7.73. The lowest BCUT2D eigenvalue weighted by Crippen LogP contribution is -2.58. The maximum atomic E-state index is 12.8. The lowest BCUT2D eigenvalue weighted by molar-refractivity contribution is -0.268. The molecule has 1 aliphatic heterocycles. The van der Waals surface area contributed by atoms with Crippen molar-refractivity contribution >= 4 is 32.7 Å². The zero-order chi connectivity index (χ0) is 23.8. The van der Waals surface area contributed by atoms with Gasteiger partial charge in [-0.15, -0.1) is 0 Å². The van der Waals surface area contributed by atoms with Crippen molar-refractivity contribution in [1.29, 1.82) is 0 Å². The predicted octanol–water partition coefficient (Wildman–Crippen LogP) is 0.116. The van der Waals surface area contributed by atoms with Crippen LogP contribution in [-0.4, -0.2) is 63.3 Å². The molecule has 5 rings (SSSR count). The minimum absolute atomic E-state index is 0.0212. The van der Waals surface area contributed by atoms with E-state index in [0.717, 1.165) is 12.1 Å². The van der Waals surface area contributed by atoms with E-state index in [0.29, 0.717) is 0 Å². The molecule has 0 bridgehead atoms. The molecule has 12 heteroatoms. The molecule has 3 heterocycles. The molecule has 1 aliphatic rings. The number of benzene rings is 2. The molecule has 0 aliphatic carbocycles. The topological polar surface area (TPSA) is 189 Å². The molecule has 4 aromatic rings. The van der Waals surface area contributed by atoms with Gasteiger partial charge < -0.3 is 48.6 Å². The molecule has 0 unspecified atom stereocenters. The average molecular weight is 462 g/mol. The molecule has 0 spiro atoms. The maximum absolute atomic E-state index is 12.8. The number of rotatable bonds is 3. The molecule has 1 saturated heterocycles. The van der Waals surface area contributed by atoms with Gasteiger partial charge in [0, 0.05) is 10.8 Å². The van der Waals surface area contributed by atoms with Gasteiger partial charge in [0.05, 0.1) is 24.0 Å². The molecule has 2 aromatic carbocycles. The predicted molar refractivity (Wildman–Crippen MR) is 110 cm³/mol. The molecule has 0 saturated carbocycles. The summed E-state index contributed by atoms with van der Waals surface area (Å²) in [6, 6.07) is 2.19. The number of ether oxygens (including phenoxy) is 3. The van der Waals surface area contributed by atoms with Crippen LogP contribution in [0.15, 0.2) is 30.6 Å². The van der Waals surface area contributed by atoms with Gasteiger partial charge in [0.25, 0.3) is 0 Å². The Morgan fingerprint density at radius 2 is 1.48 bits per heavy atom. The molecule has 33 heavy (non-hydrogen) atoms. The first kappa shape index (κ1) is 21.3. The second kappa shape index (κ2) is 7.22. The van der Waals surface area contributed by atoms with E-state index in [1.165, 1.54) is 14.0 Å². The average Bonchev–Trinajstić information content (AvgIpc) is 2.77. The van der Waals surface area contributed by atoms with Gasteiger partial charge in [-0.1, -0.05) is 0 Å². The number of hydrogen-bond donors (Lipinski definition) is 5. The SMILES string of the molecule is COc1c(O)cc2c(=O)oc3c(O)c(O[C@@H]4O[C@@H](C)[C@@H](O)[C@H](O)[C@H]4O)cc4c(=O)oc1c2c34. The van der Waals surface area contributed by atoms with E-state index >= 15 is 0 Å². The Hall–Kier alpha value is -3.58. The Morgan fingerprint density at radius 3 is 2.15 bits per heavy atom. The monoisotopic (exact) mass is 462 g/mol. The number of aliphatic hydroxyl groups is 3. The summed E-state index contributed by atoms with van der Waals surface area (Å²) in [5.74, 6) is -1.74. The van der Waals surface area contributed by atoms with Crippen LogP contribution in [-0.2, 0) is 4.74 Å². The van der Waals surface area contributed by atoms with Gasteiger partial charge in [0.1, 0.15) is 18.3 Å². The van der Waals surface area contributed by atoms with E-state index in [1.54, 1.807) is 0 Å². The van der Waals surface area contributed by atoms with Crippen molar-refractivity contribution in [2.75, 3.05) is 7.11 Å². The number of hydrogen-bond acceptors (Lipinski definition) is 12. The highest BCUT2D eigenvalue weighted by atomic mass is 16.7. The third-order valence-corrected chi connectivity index (χ3v) is 5.77. The van der Waals surface area contributed by atoms with Gasteiger partial charge in [0.15, 0.2) is 22.7 Å². The molecule has 2 aromatic heterocycles. The van der Waals surface area contributed by atoms with Gasteiger partial charge in [0.2, 0.25) is 17.8 Å². The van der Waals surface area contributed by atoms with E-state index in [1.807, 2.05) is 0 Å². The van der Waals surface area contributed by atoms with Crippen LogP contribution in [0.2, 0.25) is 0 Å². The van der Waals surface area contributed by atoms with Crippen LogP contribution in [0.5, 0.6) is 23.0 Å². The molecule has 0 radical (unpaired) electrons. The lowest BCUT2D eigenvalue weighted by Gasteiger charge is -2.38. The number of methoxy groups -OCH3 is 1. The smallest absolute Gasteiger partial charge is 0.344 e. The van der Waals surface area contributed by atoms with Crippen LogP contribution >= 0.6 is 0 Å². The third kappa shape index (κ3) is 2.92. The summed E-state index contributed by atoms with van der Waals surface area (Å²) in [4.78, 5) is 25.4. The van der Waals surface area contributed by atoms with E-state index in [4.69, 9.17) is 23.0 Å². The summed E-state index contributed by atoms with van der Waals surface area (Å²) in [6.07, 6.45) is -7.14. The quantitative estimate of drug-likeness (QED) is 0.204. The normalized spacial score (nSPS) is 25.8. The summed E-state index contributed by atoms with van der Waals surface area (Å²) >= 11 is 0. The number of aromatic hydroxyl groups is 2. The van der Waals surface area contributed by atoms with Crippen LogP contribution in [0.25, 0.3) is 32.7 Å². The highest BCUT2D eigenvalue weighted by Gasteiger charge is 2.43. The van der Waals surface area contributed by atoms with Crippen LogP contribution in [0.4, 0.5) is 0 Å². The van der Waals surface area contributed by atoms with E-state index in [-0.39, 0.29) is 32.9 Å². The summed E-state index contributed by atoms with van der Waals surface area (Å²) in [7, 11) is 1.24. The summed E-state index contributed by atoms with van der Waals surface area (Å²) < 4.78 is 26.5. The molecular weight excluding hydrogens is 444 g/mol. The van der Waals surface area contributed by atoms with E-state index in [9.17, 15) is 35.1 Å². The van der Waals surface area contributed by atoms with Crippen molar-refractivity contribution in [3.8, 4) is 23.0 Å². The van der Waals surface area contributed by atoms with Gasteiger partial charge in [-0.2, -0.15) is 0 Å². The number of aliphatic hydroxyl groups excluding tert-OH is 3. The lowest BCUT2D eigenvalue weighted by atomic mass is 10.00. The Morgan fingerprint density at radius 1 is 0.879 bits per heavy atom. The van der Waals surface area contributed by atoms with Gasteiger partial charge in [-0.25, -0.2) is 9.59 Å². The van der Waals surface area contributed by atoms with Gasteiger partial charge in [-0.05, 0) is 19.1 Å². The minimum Gasteiger partial charge on any atom is -0.504 e. The molecule has 1 fully saturated rings. The largest absolute Gasteiger partial charge is 0.504 e. The third-order valence-electron chi connectivity index (χ3n) is 5.77. The molecular formula is C21H18O12. The fourth-order valence-corrected chi connectivity index (χ4v) is 4.08. The van der Waals surface area contributed by atoms with Crippen LogP contribution in [0, 0.1) is 0 Å². The first-order valence-electron chi connectivity index (χ1n) is 9.79. The van der Waals surface area contributed by atoms with Gasteiger partial charge >= 0.3 is 11.3 Å². The molecule has 12 nitrogen and oxygen atoms in total. The zero-order valence-corrected chi connectivity index (χ0v) is 17.1. The van der Waals surface area contributed by atoms with Crippen LogP contribution < -0.4 is 20.7 Å². The Bertz CT molecular complexity index is 1500. The molecule has 5 atom stereocenters. The fraction of sp³-hybridized carbons (Fsp3) is 0.333. The highest BCUT2D eigenvalue weighted by Crippen LogP contribution is 2.45. The van der Waals surface area contributed by atoms with E-state index in [2.05, 4.69) is 0 Å². The molecule has 5 N–H and O–H groups in total. The number of phenolic OH excluding ortho intramolecular Hbond substituents is 2. The van der Waals surface area contributed by atoms with Gasteiger partial charge in [-0.3, -0.25) is 0 Å².